The maximum atomic E-state index is 12.5. The molecule has 2 N–H and O–H groups in total. The van der Waals surface area contributed by atoms with Crippen LogP contribution in [0.25, 0.3) is 0 Å². The van der Waals surface area contributed by atoms with Crippen molar-refractivity contribution in [3.63, 3.8) is 0 Å². The van der Waals surface area contributed by atoms with Crippen molar-refractivity contribution in [3.8, 4) is 5.75 Å². The second-order valence-corrected chi connectivity index (χ2v) is 5.86. The van der Waals surface area contributed by atoms with Gasteiger partial charge in [0, 0.05) is 24.2 Å². The first kappa shape index (κ1) is 15.8. The number of nitrogens with zero attached hydrogens (tertiary/aromatic N) is 1. The molecular weight excluding hydrogens is 264 g/mol. The zero-order valence-corrected chi connectivity index (χ0v) is 13.0. The highest BCUT2D eigenvalue weighted by Gasteiger charge is 2.27. The molecule has 0 aliphatic carbocycles. The van der Waals surface area contributed by atoms with Gasteiger partial charge in [-0.05, 0) is 50.5 Å². The maximum absolute atomic E-state index is 12.5. The highest BCUT2D eigenvalue weighted by molar-refractivity contribution is 5.94. The molecule has 1 aliphatic rings. The lowest BCUT2D eigenvalue weighted by molar-refractivity contribution is 0.0619. The van der Waals surface area contributed by atoms with Gasteiger partial charge in [-0.3, -0.25) is 4.79 Å². The van der Waals surface area contributed by atoms with Crippen LogP contribution in [0.15, 0.2) is 24.3 Å². The van der Waals surface area contributed by atoms with E-state index in [0.717, 1.165) is 50.1 Å². The van der Waals surface area contributed by atoms with E-state index >= 15 is 0 Å². The van der Waals surface area contributed by atoms with E-state index in [2.05, 4.69) is 13.8 Å². The molecule has 1 aromatic rings. The molecule has 0 aromatic heterocycles. The summed E-state index contributed by atoms with van der Waals surface area (Å²) in [7, 11) is 0. The van der Waals surface area contributed by atoms with Gasteiger partial charge in [-0.2, -0.15) is 0 Å². The van der Waals surface area contributed by atoms with E-state index in [1.165, 1.54) is 0 Å². The highest BCUT2D eigenvalue weighted by atomic mass is 16.5. The molecule has 0 bridgehead atoms. The number of benzene rings is 1. The van der Waals surface area contributed by atoms with Gasteiger partial charge in [-0.25, -0.2) is 0 Å². The fourth-order valence-electron chi connectivity index (χ4n) is 2.70. The number of ether oxygens (including phenoxy) is 1. The number of nitrogens with two attached hydrogens (primary N) is 1. The number of hydrogen-bond donors (Lipinski definition) is 1. The minimum Gasteiger partial charge on any atom is -0.494 e. The molecule has 4 heteroatoms. The minimum atomic E-state index is 0.0921. The van der Waals surface area contributed by atoms with E-state index in [1.807, 2.05) is 29.2 Å². The SMILES string of the molecule is CCCCOc1ccc(C(=O)N2CCC(N)CC2C)cc1. The van der Waals surface area contributed by atoms with E-state index in [0.29, 0.717) is 0 Å². The fraction of sp³-hybridized carbons (Fsp3) is 0.588. The Morgan fingerprint density at radius 3 is 2.71 bits per heavy atom. The summed E-state index contributed by atoms with van der Waals surface area (Å²) in [6.45, 7) is 5.68. The van der Waals surface area contributed by atoms with E-state index in [9.17, 15) is 4.79 Å². The Bertz CT molecular complexity index is 458. The average Bonchev–Trinajstić information content (AvgIpc) is 2.48. The largest absolute Gasteiger partial charge is 0.494 e. The smallest absolute Gasteiger partial charge is 0.254 e. The summed E-state index contributed by atoms with van der Waals surface area (Å²) in [5, 5.41) is 0. The van der Waals surface area contributed by atoms with Crippen LogP contribution >= 0.6 is 0 Å². The lowest BCUT2D eigenvalue weighted by Crippen LogP contribution is -2.48. The molecule has 2 atom stereocenters. The molecule has 0 saturated carbocycles. The van der Waals surface area contributed by atoms with Crippen LogP contribution in [-0.2, 0) is 0 Å². The first-order valence-corrected chi connectivity index (χ1v) is 7.91. The Hall–Kier alpha value is -1.55. The molecule has 1 aliphatic heterocycles. The molecule has 1 amide bonds. The second kappa shape index (κ2) is 7.46. The molecule has 0 radical (unpaired) electrons. The first-order chi connectivity index (χ1) is 10.1. The number of hydrogen-bond acceptors (Lipinski definition) is 3. The lowest BCUT2D eigenvalue weighted by Gasteiger charge is -2.36. The fourth-order valence-corrected chi connectivity index (χ4v) is 2.70. The molecule has 116 valence electrons. The minimum absolute atomic E-state index is 0.0921. The van der Waals surface area contributed by atoms with Gasteiger partial charge in [0.05, 0.1) is 6.61 Å². The third kappa shape index (κ3) is 4.21. The van der Waals surface area contributed by atoms with Gasteiger partial charge >= 0.3 is 0 Å². The second-order valence-electron chi connectivity index (χ2n) is 5.86. The normalized spacial score (nSPS) is 22.1. The van der Waals surface area contributed by atoms with Gasteiger partial charge in [0.2, 0.25) is 0 Å². The molecule has 1 aromatic carbocycles. The number of carbonyl (C=O) groups excluding carboxylic acids is 1. The van der Waals surface area contributed by atoms with Gasteiger partial charge in [0.15, 0.2) is 0 Å². The molecule has 21 heavy (non-hydrogen) atoms. The summed E-state index contributed by atoms with van der Waals surface area (Å²) in [5.41, 5.74) is 6.67. The molecular formula is C17H26N2O2. The molecule has 1 saturated heterocycles. The van der Waals surface area contributed by atoms with Crippen molar-refractivity contribution in [2.45, 2.75) is 51.6 Å². The Kier molecular flexibility index (Phi) is 5.62. The topological polar surface area (TPSA) is 55.6 Å². The van der Waals surface area contributed by atoms with Crippen LogP contribution in [0.5, 0.6) is 5.75 Å². The molecule has 2 unspecified atom stereocenters. The summed E-state index contributed by atoms with van der Waals surface area (Å²) in [5.74, 6) is 0.920. The number of likely N-dealkylation sites (tertiary alicyclic amines) is 1. The van der Waals surface area contributed by atoms with Crippen molar-refractivity contribution in [1.29, 1.82) is 0 Å². The maximum Gasteiger partial charge on any atom is 0.254 e. The zero-order valence-electron chi connectivity index (χ0n) is 13.0. The molecule has 0 spiro atoms. The summed E-state index contributed by atoms with van der Waals surface area (Å²) in [4.78, 5) is 14.5. The first-order valence-electron chi connectivity index (χ1n) is 7.91. The quantitative estimate of drug-likeness (QED) is 0.848. The van der Waals surface area contributed by atoms with Crippen LogP contribution in [0.2, 0.25) is 0 Å². The van der Waals surface area contributed by atoms with Crippen molar-refractivity contribution in [3.05, 3.63) is 29.8 Å². The third-order valence-electron chi connectivity index (χ3n) is 4.05. The van der Waals surface area contributed by atoms with E-state index < -0.39 is 0 Å². The number of rotatable bonds is 5. The standard InChI is InChI=1S/C17H26N2O2/c1-3-4-11-21-16-7-5-14(6-8-16)17(20)19-10-9-15(18)12-13(19)2/h5-8,13,15H,3-4,9-12,18H2,1-2H3. The van der Waals surface area contributed by atoms with Crippen LogP contribution in [-0.4, -0.2) is 36.0 Å². The molecule has 4 nitrogen and oxygen atoms in total. The monoisotopic (exact) mass is 290 g/mol. The van der Waals surface area contributed by atoms with Crippen LogP contribution in [0.4, 0.5) is 0 Å². The number of carbonyl (C=O) groups is 1. The zero-order chi connectivity index (χ0) is 15.2. The predicted molar refractivity (Wildman–Crippen MR) is 84.6 cm³/mol. The van der Waals surface area contributed by atoms with Gasteiger partial charge < -0.3 is 15.4 Å². The van der Waals surface area contributed by atoms with Crippen molar-refractivity contribution < 1.29 is 9.53 Å². The number of amides is 1. The molecule has 2 rings (SSSR count). The third-order valence-corrected chi connectivity index (χ3v) is 4.05. The van der Waals surface area contributed by atoms with E-state index in [1.54, 1.807) is 0 Å². The van der Waals surface area contributed by atoms with Gasteiger partial charge in [-0.15, -0.1) is 0 Å². The van der Waals surface area contributed by atoms with Crippen molar-refractivity contribution in [1.82, 2.24) is 4.90 Å². The Labute approximate surface area is 127 Å². The summed E-state index contributed by atoms with van der Waals surface area (Å²) < 4.78 is 5.62. The molecule has 1 heterocycles. The Morgan fingerprint density at radius 2 is 2.10 bits per heavy atom. The Balaban J connectivity index is 1.96. The van der Waals surface area contributed by atoms with Crippen molar-refractivity contribution in [2.75, 3.05) is 13.2 Å². The van der Waals surface area contributed by atoms with Crippen molar-refractivity contribution >= 4 is 5.91 Å². The summed E-state index contributed by atoms with van der Waals surface area (Å²) in [6, 6.07) is 7.89. The summed E-state index contributed by atoms with van der Waals surface area (Å²) >= 11 is 0. The number of piperidine rings is 1. The lowest BCUT2D eigenvalue weighted by atomic mass is 9.98. The number of unbranched alkanes of at least 4 members (excludes halogenated alkanes) is 1. The van der Waals surface area contributed by atoms with Crippen LogP contribution in [0.1, 0.15) is 49.9 Å². The van der Waals surface area contributed by atoms with Crippen LogP contribution in [0.3, 0.4) is 0 Å². The molecule has 1 fully saturated rings. The van der Waals surface area contributed by atoms with Gasteiger partial charge in [0.25, 0.3) is 5.91 Å². The van der Waals surface area contributed by atoms with E-state index in [4.69, 9.17) is 10.5 Å². The Morgan fingerprint density at radius 1 is 1.38 bits per heavy atom. The van der Waals surface area contributed by atoms with Gasteiger partial charge in [-0.1, -0.05) is 13.3 Å². The van der Waals surface area contributed by atoms with Crippen LogP contribution < -0.4 is 10.5 Å². The highest BCUT2D eigenvalue weighted by Crippen LogP contribution is 2.20. The van der Waals surface area contributed by atoms with Gasteiger partial charge in [0.1, 0.15) is 5.75 Å². The predicted octanol–water partition coefficient (Wildman–Crippen LogP) is 2.82. The summed E-state index contributed by atoms with van der Waals surface area (Å²) in [6.07, 6.45) is 3.93. The van der Waals surface area contributed by atoms with E-state index in [-0.39, 0.29) is 18.0 Å². The van der Waals surface area contributed by atoms with Crippen molar-refractivity contribution in [2.24, 2.45) is 5.73 Å². The van der Waals surface area contributed by atoms with Crippen LogP contribution in [0, 0.1) is 0 Å². The average molecular weight is 290 g/mol.